The van der Waals surface area contributed by atoms with Gasteiger partial charge in [-0.05, 0) is 42.5 Å². The average Bonchev–Trinajstić information content (AvgIpc) is 2.48. The molecular weight excluding hydrogens is 313 g/mol. The number of halogens is 4. The third-order valence-corrected chi connectivity index (χ3v) is 3.46. The van der Waals surface area contributed by atoms with Gasteiger partial charge in [0.1, 0.15) is 5.82 Å². The summed E-state index contributed by atoms with van der Waals surface area (Å²) in [5.41, 5.74) is 0.473. The number of anilines is 2. The molecule has 0 aliphatic heterocycles. The third kappa shape index (κ3) is 2.99. The Morgan fingerprint density at radius 3 is 2.32 bits per heavy atom. The maximum absolute atomic E-state index is 12.5. The molecule has 1 heterocycles. The quantitative estimate of drug-likeness (QED) is 0.659. The highest BCUT2D eigenvalue weighted by Gasteiger charge is 2.29. The van der Waals surface area contributed by atoms with Crippen LogP contribution in [0.4, 0.5) is 24.7 Å². The summed E-state index contributed by atoms with van der Waals surface area (Å²) in [6.07, 6.45) is -4.34. The summed E-state index contributed by atoms with van der Waals surface area (Å²) in [5, 5.41) is 4.38. The molecule has 2 aromatic carbocycles. The smallest absolute Gasteiger partial charge is 0.340 e. The molecule has 0 unspecified atom stereocenters. The van der Waals surface area contributed by atoms with Gasteiger partial charge < -0.3 is 5.32 Å². The van der Waals surface area contributed by atoms with Gasteiger partial charge in [-0.2, -0.15) is 13.2 Å². The van der Waals surface area contributed by atoms with Gasteiger partial charge in [-0.15, -0.1) is 0 Å². The standard InChI is InChI=1S/C16H10ClF3N2/c17-13-3-1-2-10-4-9-14(22-15(10)13)21-12-7-5-11(6-8-12)16(18,19)20/h1-9H,(H,21,22). The van der Waals surface area contributed by atoms with Crippen molar-refractivity contribution in [1.29, 1.82) is 0 Å². The van der Waals surface area contributed by atoms with Crippen molar-refractivity contribution in [2.45, 2.75) is 6.18 Å². The van der Waals surface area contributed by atoms with E-state index in [2.05, 4.69) is 10.3 Å². The van der Waals surface area contributed by atoms with Crippen LogP contribution in [0.2, 0.25) is 5.02 Å². The molecule has 0 aliphatic carbocycles. The van der Waals surface area contributed by atoms with Gasteiger partial charge in [0.2, 0.25) is 0 Å². The highest BCUT2D eigenvalue weighted by atomic mass is 35.5. The van der Waals surface area contributed by atoms with E-state index in [0.717, 1.165) is 17.5 Å². The van der Waals surface area contributed by atoms with Crippen molar-refractivity contribution < 1.29 is 13.2 Å². The van der Waals surface area contributed by atoms with Crippen molar-refractivity contribution in [2.75, 3.05) is 5.32 Å². The Balaban J connectivity index is 1.88. The molecule has 6 heteroatoms. The minimum atomic E-state index is -4.34. The summed E-state index contributed by atoms with van der Waals surface area (Å²) >= 11 is 6.09. The molecule has 0 fully saturated rings. The lowest BCUT2D eigenvalue weighted by atomic mass is 10.2. The molecule has 0 saturated carbocycles. The molecule has 3 aromatic rings. The Hall–Kier alpha value is -2.27. The predicted octanol–water partition coefficient (Wildman–Crippen LogP) is 5.65. The van der Waals surface area contributed by atoms with E-state index in [9.17, 15) is 13.2 Å². The Bertz CT molecular complexity index is 814. The van der Waals surface area contributed by atoms with E-state index in [-0.39, 0.29) is 0 Å². The van der Waals surface area contributed by atoms with E-state index in [1.54, 1.807) is 12.1 Å². The number of nitrogens with one attached hydrogen (secondary N) is 1. The van der Waals surface area contributed by atoms with Crippen molar-refractivity contribution in [1.82, 2.24) is 4.98 Å². The summed E-state index contributed by atoms with van der Waals surface area (Å²) in [7, 11) is 0. The molecule has 3 rings (SSSR count). The fraction of sp³-hybridized carbons (Fsp3) is 0.0625. The second kappa shape index (κ2) is 5.50. The van der Waals surface area contributed by atoms with Crippen LogP contribution in [0.25, 0.3) is 10.9 Å². The zero-order valence-corrected chi connectivity index (χ0v) is 11.9. The Morgan fingerprint density at radius 1 is 0.909 bits per heavy atom. The number of hydrogen-bond donors (Lipinski definition) is 1. The fourth-order valence-corrected chi connectivity index (χ4v) is 2.30. The zero-order chi connectivity index (χ0) is 15.7. The van der Waals surface area contributed by atoms with E-state index in [0.29, 0.717) is 22.0 Å². The fourth-order valence-electron chi connectivity index (χ4n) is 2.07. The first-order valence-corrected chi connectivity index (χ1v) is 6.81. The molecule has 1 aromatic heterocycles. The highest BCUT2D eigenvalue weighted by molar-refractivity contribution is 6.35. The topological polar surface area (TPSA) is 24.9 Å². The van der Waals surface area contributed by atoms with Crippen LogP contribution in [-0.4, -0.2) is 4.98 Å². The predicted molar refractivity (Wildman–Crippen MR) is 81.5 cm³/mol. The Morgan fingerprint density at radius 2 is 1.64 bits per heavy atom. The summed E-state index contributed by atoms with van der Waals surface area (Å²) in [6.45, 7) is 0. The van der Waals surface area contributed by atoms with Crippen molar-refractivity contribution in [3.8, 4) is 0 Å². The van der Waals surface area contributed by atoms with Gasteiger partial charge in [-0.1, -0.05) is 23.7 Å². The highest BCUT2D eigenvalue weighted by Crippen LogP contribution is 2.30. The maximum Gasteiger partial charge on any atom is 0.416 e. The van der Waals surface area contributed by atoms with Crippen LogP contribution >= 0.6 is 11.6 Å². The van der Waals surface area contributed by atoms with E-state index < -0.39 is 11.7 Å². The summed E-state index contributed by atoms with van der Waals surface area (Å²) < 4.78 is 37.6. The normalized spacial score (nSPS) is 11.6. The lowest BCUT2D eigenvalue weighted by Crippen LogP contribution is -2.04. The maximum atomic E-state index is 12.5. The molecule has 0 saturated heterocycles. The van der Waals surface area contributed by atoms with Gasteiger partial charge in [0, 0.05) is 11.1 Å². The van der Waals surface area contributed by atoms with Gasteiger partial charge in [0.25, 0.3) is 0 Å². The van der Waals surface area contributed by atoms with Gasteiger partial charge in [0.15, 0.2) is 0 Å². The number of nitrogens with zero attached hydrogens (tertiary/aromatic N) is 1. The first kappa shape index (κ1) is 14.7. The van der Waals surface area contributed by atoms with Crippen molar-refractivity contribution >= 4 is 34.0 Å². The minimum Gasteiger partial charge on any atom is -0.340 e. The molecule has 0 radical (unpaired) electrons. The van der Waals surface area contributed by atoms with Gasteiger partial charge in [0.05, 0.1) is 16.1 Å². The summed E-state index contributed by atoms with van der Waals surface area (Å²) in [5.74, 6) is 0.514. The average molecular weight is 323 g/mol. The van der Waals surface area contributed by atoms with Crippen LogP contribution in [0.5, 0.6) is 0 Å². The largest absolute Gasteiger partial charge is 0.416 e. The third-order valence-electron chi connectivity index (χ3n) is 3.16. The number of rotatable bonds is 2. The number of alkyl halides is 3. The van der Waals surface area contributed by atoms with Gasteiger partial charge in [-0.25, -0.2) is 4.98 Å². The van der Waals surface area contributed by atoms with Crippen LogP contribution < -0.4 is 5.32 Å². The number of aromatic nitrogens is 1. The molecule has 22 heavy (non-hydrogen) atoms. The lowest BCUT2D eigenvalue weighted by Gasteiger charge is -2.10. The van der Waals surface area contributed by atoms with E-state index in [4.69, 9.17) is 11.6 Å². The summed E-state index contributed by atoms with van der Waals surface area (Å²) in [6, 6.07) is 13.8. The Kier molecular flexibility index (Phi) is 3.66. The molecular formula is C16H10ClF3N2. The van der Waals surface area contributed by atoms with E-state index in [1.165, 1.54) is 12.1 Å². The second-order valence-electron chi connectivity index (χ2n) is 4.71. The molecule has 0 atom stereocenters. The number of pyridine rings is 1. The SMILES string of the molecule is FC(F)(F)c1ccc(Nc2ccc3cccc(Cl)c3n2)cc1. The molecule has 2 nitrogen and oxygen atoms in total. The van der Waals surface area contributed by atoms with Crippen LogP contribution in [-0.2, 0) is 6.18 Å². The molecule has 0 bridgehead atoms. The van der Waals surface area contributed by atoms with Crippen molar-refractivity contribution in [2.24, 2.45) is 0 Å². The Labute approximate surface area is 129 Å². The molecule has 0 spiro atoms. The van der Waals surface area contributed by atoms with E-state index in [1.807, 2.05) is 18.2 Å². The molecule has 0 aliphatic rings. The van der Waals surface area contributed by atoms with Crippen molar-refractivity contribution in [3.63, 3.8) is 0 Å². The van der Waals surface area contributed by atoms with Crippen LogP contribution in [0.3, 0.4) is 0 Å². The second-order valence-corrected chi connectivity index (χ2v) is 5.12. The molecule has 0 amide bonds. The van der Waals surface area contributed by atoms with Crippen LogP contribution in [0.15, 0.2) is 54.6 Å². The number of hydrogen-bond acceptors (Lipinski definition) is 2. The van der Waals surface area contributed by atoms with Crippen LogP contribution in [0.1, 0.15) is 5.56 Å². The van der Waals surface area contributed by atoms with Crippen LogP contribution in [0, 0.1) is 0 Å². The van der Waals surface area contributed by atoms with E-state index >= 15 is 0 Å². The summed E-state index contributed by atoms with van der Waals surface area (Å²) in [4.78, 5) is 4.38. The molecule has 112 valence electrons. The lowest BCUT2D eigenvalue weighted by molar-refractivity contribution is -0.137. The number of para-hydroxylation sites is 1. The van der Waals surface area contributed by atoms with Crippen molar-refractivity contribution in [3.05, 3.63) is 65.2 Å². The van der Waals surface area contributed by atoms with Gasteiger partial charge >= 0.3 is 6.18 Å². The monoisotopic (exact) mass is 322 g/mol. The molecule has 1 N–H and O–H groups in total. The first-order chi connectivity index (χ1) is 10.4. The first-order valence-electron chi connectivity index (χ1n) is 6.43. The number of benzene rings is 2. The zero-order valence-electron chi connectivity index (χ0n) is 11.2. The van der Waals surface area contributed by atoms with Gasteiger partial charge in [-0.3, -0.25) is 0 Å². The minimum absolute atomic E-state index is 0.514. The number of fused-ring (bicyclic) bond motifs is 1.